The van der Waals surface area contributed by atoms with Gasteiger partial charge in [0, 0.05) is 6.54 Å². The highest BCUT2D eigenvalue weighted by atomic mass is 32.2. The Kier molecular flexibility index (Phi) is 4.69. The Morgan fingerprint density at radius 1 is 1.45 bits per heavy atom. The molecule has 120 valence electrons. The molecule has 0 saturated carbocycles. The van der Waals surface area contributed by atoms with Crippen LogP contribution in [0.25, 0.3) is 11.0 Å². The fourth-order valence-electron chi connectivity index (χ4n) is 2.02. The molecule has 0 aliphatic heterocycles. The Bertz CT molecular complexity index is 696. The van der Waals surface area contributed by atoms with Crippen LogP contribution in [0.2, 0.25) is 0 Å². The molecular weight excluding hydrogens is 315 g/mol. The van der Waals surface area contributed by atoms with E-state index in [1.165, 1.54) is 6.07 Å². The Hall–Kier alpha value is -1.70. The van der Waals surface area contributed by atoms with Crippen LogP contribution in [-0.2, 0) is 17.5 Å². The molecule has 0 saturated heterocycles. The summed E-state index contributed by atoms with van der Waals surface area (Å²) in [4.78, 5) is 15.5. The molecule has 1 aromatic heterocycles. The summed E-state index contributed by atoms with van der Waals surface area (Å²) in [7, 11) is 0. The van der Waals surface area contributed by atoms with Gasteiger partial charge in [0.05, 0.1) is 21.8 Å². The number of nitrogens with zero attached hydrogens (tertiary/aromatic N) is 2. The van der Waals surface area contributed by atoms with Crippen molar-refractivity contribution in [3.63, 3.8) is 0 Å². The Morgan fingerprint density at radius 3 is 2.68 bits per heavy atom. The largest absolute Gasteiger partial charge is 0.416 e. The van der Waals surface area contributed by atoms with Crippen molar-refractivity contribution < 1.29 is 18.0 Å². The number of aryl methyl sites for hydroxylation is 1. The van der Waals surface area contributed by atoms with Crippen LogP contribution in [0.4, 0.5) is 13.2 Å². The van der Waals surface area contributed by atoms with Crippen LogP contribution in [0.5, 0.6) is 0 Å². The third-order valence-electron chi connectivity index (χ3n) is 3.17. The number of imidazole rings is 1. The molecule has 22 heavy (non-hydrogen) atoms. The minimum absolute atomic E-state index is 0.413. The monoisotopic (exact) mass is 331 g/mol. The van der Waals surface area contributed by atoms with Crippen molar-refractivity contribution in [1.82, 2.24) is 9.55 Å². The van der Waals surface area contributed by atoms with Gasteiger partial charge in [-0.15, -0.1) is 0 Å². The van der Waals surface area contributed by atoms with Crippen molar-refractivity contribution >= 4 is 28.7 Å². The number of halogens is 3. The molecule has 4 nitrogen and oxygen atoms in total. The van der Waals surface area contributed by atoms with E-state index in [2.05, 4.69) is 4.98 Å². The van der Waals surface area contributed by atoms with Gasteiger partial charge in [-0.1, -0.05) is 18.7 Å². The summed E-state index contributed by atoms with van der Waals surface area (Å²) in [6, 6.07) is 3.46. The third-order valence-corrected chi connectivity index (χ3v) is 4.28. The number of benzene rings is 1. The van der Waals surface area contributed by atoms with Gasteiger partial charge in [-0.25, -0.2) is 4.98 Å². The first-order chi connectivity index (χ1) is 10.2. The first-order valence-corrected chi connectivity index (χ1v) is 7.65. The van der Waals surface area contributed by atoms with E-state index in [-0.39, 0.29) is 0 Å². The fourth-order valence-corrected chi connectivity index (χ4v) is 2.92. The second-order valence-corrected chi connectivity index (χ2v) is 6.22. The predicted octanol–water partition coefficient (Wildman–Crippen LogP) is 3.43. The highest BCUT2D eigenvalue weighted by Crippen LogP contribution is 2.33. The SMILES string of the molecule is CCCn1c(S[C@H](C)C(N)=O)nc2ccc(C(F)(F)F)cc21. The highest BCUT2D eigenvalue weighted by molar-refractivity contribution is 8.00. The summed E-state index contributed by atoms with van der Waals surface area (Å²) in [5, 5.41) is -0.00280. The van der Waals surface area contributed by atoms with Crippen LogP contribution in [0, 0.1) is 0 Å². The molecule has 0 bridgehead atoms. The van der Waals surface area contributed by atoms with E-state index in [1.54, 1.807) is 11.5 Å². The maximum Gasteiger partial charge on any atom is 0.416 e. The van der Waals surface area contributed by atoms with E-state index >= 15 is 0 Å². The summed E-state index contributed by atoms with van der Waals surface area (Å²) in [5.74, 6) is -0.490. The Balaban J connectivity index is 2.53. The van der Waals surface area contributed by atoms with Gasteiger partial charge >= 0.3 is 6.18 Å². The van der Waals surface area contributed by atoms with Crippen LogP contribution >= 0.6 is 11.8 Å². The number of fused-ring (bicyclic) bond motifs is 1. The molecule has 1 aromatic carbocycles. The molecule has 2 N–H and O–H groups in total. The van der Waals surface area contributed by atoms with Gasteiger partial charge in [-0.2, -0.15) is 13.2 Å². The second kappa shape index (κ2) is 6.20. The number of alkyl halides is 3. The van der Waals surface area contributed by atoms with Crippen LogP contribution < -0.4 is 5.73 Å². The van der Waals surface area contributed by atoms with Gasteiger partial charge in [-0.05, 0) is 31.5 Å². The van der Waals surface area contributed by atoms with E-state index in [9.17, 15) is 18.0 Å². The van der Waals surface area contributed by atoms with Gasteiger partial charge in [0.25, 0.3) is 0 Å². The van der Waals surface area contributed by atoms with Crippen molar-refractivity contribution in [2.24, 2.45) is 5.73 Å². The van der Waals surface area contributed by atoms with E-state index in [0.717, 1.165) is 30.3 Å². The smallest absolute Gasteiger partial charge is 0.369 e. The molecule has 0 radical (unpaired) electrons. The van der Waals surface area contributed by atoms with Gasteiger partial charge in [0.1, 0.15) is 0 Å². The van der Waals surface area contributed by atoms with Crippen LogP contribution in [-0.4, -0.2) is 20.7 Å². The van der Waals surface area contributed by atoms with Crippen LogP contribution in [0.3, 0.4) is 0 Å². The number of aromatic nitrogens is 2. The average Bonchev–Trinajstić information content (AvgIpc) is 2.75. The van der Waals surface area contributed by atoms with Crippen molar-refractivity contribution in [2.75, 3.05) is 0 Å². The lowest BCUT2D eigenvalue weighted by atomic mass is 10.2. The van der Waals surface area contributed by atoms with Crippen molar-refractivity contribution in [1.29, 1.82) is 0 Å². The predicted molar refractivity (Wildman–Crippen MR) is 79.5 cm³/mol. The zero-order chi connectivity index (χ0) is 16.5. The topological polar surface area (TPSA) is 60.9 Å². The number of nitrogens with two attached hydrogens (primary N) is 1. The standard InChI is InChI=1S/C14H16F3N3OS/c1-3-6-20-11-7-9(14(15,16)17)4-5-10(11)19-13(20)22-8(2)12(18)21/h4-5,7-8H,3,6H2,1-2H3,(H2,18,21)/t8-/m1/s1. The zero-order valence-electron chi connectivity index (χ0n) is 12.1. The molecular formula is C14H16F3N3OS. The summed E-state index contributed by atoms with van der Waals surface area (Å²) >= 11 is 1.15. The lowest BCUT2D eigenvalue weighted by Gasteiger charge is -2.11. The number of hydrogen-bond acceptors (Lipinski definition) is 3. The highest BCUT2D eigenvalue weighted by Gasteiger charge is 2.31. The lowest BCUT2D eigenvalue weighted by molar-refractivity contribution is -0.137. The number of amides is 1. The van der Waals surface area contributed by atoms with E-state index < -0.39 is 22.9 Å². The molecule has 0 unspecified atom stereocenters. The quantitative estimate of drug-likeness (QED) is 0.854. The molecule has 0 aliphatic rings. The first-order valence-electron chi connectivity index (χ1n) is 6.77. The number of thioether (sulfide) groups is 1. The molecule has 1 atom stereocenters. The molecule has 0 aliphatic carbocycles. The van der Waals surface area contributed by atoms with Gasteiger partial charge in [0.2, 0.25) is 5.91 Å². The summed E-state index contributed by atoms with van der Waals surface area (Å²) in [5.41, 5.74) is 5.41. The minimum Gasteiger partial charge on any atom is -0.369 e. The summed E-state index contributed by atoms with van der Waals surface area (Å²) in [6.07, 6.45) is -3.66. The fraction of sp³-hybridized carbons (Fsp3) is 0.429. The number of hydrogen-bond donors (Lipinski definition) is 1. The average molecular weight is 331 g/mol. The Labute approximate surface area is 129 Å². The van der Waals surface area contributed by atoms with Gasteiger partial charge in [-0.3, -0.25) is 4.79 Å². The number of rotatable bonds is 5. The van der Waals surface area contributed by atoms with Gasteiger partial charge in [0.15, 0.2) is 5.16 Å². The normalized spacial score (nSPS) is 13.5. The molecule has 0 fully saturated rings. The van der Waals surface area contributed by atoms with E-state index in [4.69, 9.17) is 5.73 Å². The third kappa shape index (κ3) is 3.37. The van der Waals surface area contributed by atoms with Crippen molar-refractivity contribution in [2.45, 2.75) is 43.4 Å². The molecule has 0 spiro atoms. The molecule has 8 heteroatoms. The van der Waals surface area contributed by atoms with Crippen molar-refractivity contribution in [3.8, 4) is 0 Å². The van der Waals surface area contributed by atoms with E-state index in [1.807, 2.05) is 6.92 Å². The number of primary amides is 1. The number of carbonyl (C=O) groups is 1. The minimum atomic E-state index is -4.40. The molecule has 1 amide bonds. The lowest BCUT2D eigenvalue weighted by Crippen LogP contribution is -2.23. The first kappa shape index (κ1) is 16.7. The van der Waals surface area contributed by atoms with E-state index in [0.29, 0.717) is 22.7 Å². The molecule has 2 rings (SSSR count). The van der Waals surface area contributed by atoms with Crippen LogP contribution in [0.15, 0.2) is 23.4 Å². The number of carbonyl (C=O) groups excluding carboxylic acids is 1. The maximum absolute atomic E-state index is 12.9. The molecule has 1 heterocycles. The Morgan fingerprint density at radius 2 is 2.14 bits per heavy atom. The molecule has 2 aromatic rings. The summed E-state index contributed by atoms with van der Waals surface area (Å²) in [6.45, 7) is 4.08. The maximum atomic E-state index is 12.9. The van der Waals surface area contributed by atoms with Crippen LogP contribution in [0.1, 0.15) is 25.8 Å². The zero-order valence-corrected chi connectivity index (χ0v) is 13.0. The van der Waals surface area contributed by atoms with Gasteiger partial charge < -0.3 is 10.3 Å². The summed E-state index contributed by atoms with van der Waals surface area (Å²) < 4.78 is 40.3. The second-order valence-electron chi connectivity index (χ2n) is 4.91. The van der Waals surface area contributed by atoms with Crippen molar-refractivity contribution in [3.05, 3.63) is 23.8 Å².